The van der Waals surface area contributed by atoms with Crippen LogP contribution in [-0.2, 0) is 11.3 Å². The fourth-order valence-electron chi connectivity index (χ4n) is 4.78. The number of thioether (sulfide) groups is 1. The zero-order chi connectivity index (χ0) is 24.0. The van der Waals surface area contributed by atoms with Gasteiger partial charge in [0.15, 0.2) is 0 Å². The number of fused-ring (bicyclic) bond motifs is 1. The van der Waals surface area contributed by atoms with Gasteiger partial charge in [0.2, 0.25) is 0 Å². The highest BCUT2D eigenvalue weighted by atomic mass is 32.2. The quantitative estimate of drug-likeness (QED) is 0.391. The van der Waals surface area contributed by atoms with E-state index < -0.39 is 0 Å². The normalized spacial score (nSPS) is 22.4. The summed E-state index contributed by atoms with van der Waals surface area (Å²) in [6.45, 7) is 8.28. The van der Waals surface area contributed by atoms with Gasteiger partial charge in [-0.1, -0.05) is 43.9 Å². The lowest BCUT2D eigenvalue weighted by molar-refractivity contribution is -0.122. The lowest BCUT2D eigenvalue weighted by Crippen LogP contribution is -2.40. The average Bonchev–Trinajstić information content (AvgIpc) is 3.39. The van der Waals surface area contributed by atoms with Gasteiger partial charge in [-0.25, -0.2) is 4.98 Å². The summed E-state index contributed by atoms with van der Waals surface area (Å²) in [4.78, 5) is 35.9. The number of piperidine rings is 1. The van der Waals surface area contributed by atoms with Gasteiger partial charge in [0.25, 0.3) is 11.5 Å². The number of thiocarbonyl (C=S) groups is 1. The summed E-state index contributed by atoms with van der Waals surface area (Å²) in [5.41, 5.74) is 1.79. The summed E-state index contributed by atoms with van der Waals surface area (Å²) >= 11 is 6.68. The molecule has 0 aliphatic carbocycles. The Kier molecular flexibility index (Phi) is 6.07. The average molecular weight is 495 g/mol. The Hall–Kier alpha value is -2.91. The van der Waals surface area contributed by atoms with Crippen molar-refractivity contribution in [1.82, 2.24) is 14.3 Å². The number of carbonyl (C=O) groups is 1. The van der Waals surface area contributed by atoms with E-state index in [2.05, 4.69) is 18.7 Å². The van der Waals surface area contributed by atoms with Gasteiger partial charge < -0.3 is 9.32 Å². The predicted octanol–water partition coefficient (Wildman–Crippen LogP) is 4.48. The number of nitrogens with zero attached hydrogens (tertiary/aromatic N) is 4. The summed E-state index contributed by atoms with van der Waals surface area (Å²) in [6, 6.07) is 7.40. The number of pyridine rings is 1. The SMILES string of the molecule is Cc1ccc2nc(N3CC(C)CC(C)C3)c(C=C3SC(=S)N(Cc4ccco4)C3=O)c(=O)n2c1. The van der Waals surface area contributed by atoms with Crippen LogP contribution in [0, 0.1) is 18.8 Å². The fraction of sp³-hybridized carbons (Fsp3) is 0.360. The summed E-state index contributed by atoms with van der Waals surface area (Å²) in [5, 5.41) is 0. The van der Waals surface area contributed by atoms with Crippen LogP contribution in [0.4, 0.5) is 5.82 Å². The second kappa shape index (κ2) is 9.03. The zero-order valence-electron chi connectivity index (χ0n) is 19.4. The van der Waals surface area contributed by atoms with Crippen LogP contribution in [0.1, 0.15) is 37.2 Å². The first-order valence-corrected chi connectivity index (χ1v) is 12.6. The first kappa shape index (κ1) is 22.9. The first-order valence-electron chi connectivity index (χ1n) is 11.4. The predicted molar refractivity (Wildman–Crippen MR) is 139 cm³/mol. The third-order valence-electron chi connectivity index (χ3n) is 6.20. The van der Waals surface area contributed by atoms with E-state index in [0.717, 1.165) is 25.1 Å². The van der Waals surface area contributed by atoms with Crippen LogP contribution in [0.3, 0.4) is 0 Å². The molecule has 9 heteroatoms. The van der Waals surface area contributed by atoms with E-state index >= 15 is 0 Å². The van der Waals surface area contributed by atoms with Gasteiger partial charge in [-0.05, 0) is 55.0 Å². The third-order valence-corrected chi connectivity index (χ3v) is 7.57. The molecule has 2 fully saturated rings. The van der Waals surface area contributed by atoms with E-state index in [9.17, 15) is 9.59 Å². The molecule has 2 aliphatic rings. The molecule has 2 saturated heterocycles. The van der Waals surface area contributed by atoms with Crippen LogP contribution in [-0.4, -0.2) is 37.6 Å². The number of aromatic nitrogens is 2. The largest absolute Gasteiger partial charge is 0.467 e. The van der Waals surface area contributed by atoms with Crippen LogP contribution in [0.2, 0.25) is 0 Å². The molecule has 3 aromatic heterocycles. The summed E-state index contributed by atoms with van der Waals surface area (Å²) in [7, 11) is 0. The topological polar surface area (TPSA) is 71.1 Å². The second-order valence-corrected chi connectivity index (χ2v) is 11.0. The molecule has 0 aromatic carbocycles. The summed E-state index contributed by atoms with van der Waals surface area (Å²) in [5.74, 6) is 2.02. The molecule has 34 heavy (non-hydrogen) atoms. The van der Waals surface area contributed by atoms with Gasteiger partial charge in [-0.3, -0.25) is 18.9 Å². The Morgan fingerprint density at radius 3 is 2.68 bits per heavy atom. The van der Waals surface area contributed by atoms with Crippen molar-refractivity contribution in [2.45, 2.75) is 33.7 Å². The van der Waals surface area contributed by atoms with E-state index in [1.54, 1.807) is 35.1 Å². The fourth-order valence-corrected chi connectivity index (χ4v) is 6.01. The van der Waals surface area contributed by atoms with Crippen LogP contribution >= 0.6 is 24.0 Å². The molecule has 0 N–H and O–H groups in total. The van der Waals surface area contributed by atoms with Crippen molar-refractivity contribution in [3.8, 4) is 0 Å². The van der Waals surface area contributed by atoms with Crippen molar-refractivity contribution in [2.24, 2.45) is 11.8 Å². The second-order valence-electron chi connectivity index (χ2n) is 9.29. The maximum atomic E-state index is 13.7. The number of hydrogen-bond donors (Lipinski definition) is 0. The molecule has 0 spiro atoms. The lowest BCUT2D eigenvalue weighted by Gasteiger charge is -2.36. The summed E-state index contributed by atoms with van der Waals surface area (Å²) in [6.07, 6.45) is 6.17. The van der Waals surface area contributed by atoms with Gasteiger partial charge in [-0.2, -0.15) is 0 Å². The number of amides is 1. The molecule has 0 saturated carbocycles. The highest BCUT2D eigenvalue weighted by molar-refractivity contribution is 8.26. The molecule has 0 radical (unpaired) electrons. The highest BCUT2D eigenvalue weighted by Gasteiger charge is 2.34. The van der Waals surface area contributed by atoms with Crippen LogP contribution in [0.25, 0.3) is 11.7 Å². The molecule has 0 bridgehead atoms. The number of anilines is 1. The Morgan fingerprint density at radius 1 is 1.21 bits per heavy atom. The van der Waals surface area contributed by atoms with Crippen molar-refractivity contribution in [3.63, 3.8) is 0 Å². The minimum absolute atomic E-state index is 0.189. The smallest absolute Gasteiger partial charge is 0.267 e. The van der Waals surface area contributed by atoms with Gasteiger partial charge in [-0.15, -0.1) is 0 Å². The van der Waals surface area contributed by atoms with E-state index in [4.69, 9.17) is 21.6 Å². The molecular formula is C25H26N4O3S2. The standard InChI is InChI=1S/C25H26N4O3S2/c1-15-6-7-21-26-22(27-11-16(2)9-17(3)12-27)19(23(30)28(21)13-15)10-20-24(31)29(25(33)34-20)14-18-5-4-8-32-18/h4-8,10,13,16-17H,9,11-12,14H2,1-3H3. The first-order chi connectivity index (χ1) is 16.3. The minimum Gasteiger partial charge on any atom is -0.467 e. The van der Waals surface area contributed by atoms with E-state index in [1.807, 2.05) is 19.1 Å². The maximum absolute atomic E-state index is 13.7. The molecule has 5 heterocycles. The number of aryl methyl sites for hydroxylation is 1. The number of carbonyl (C=O) groups excluding carboxylic acids is 1. The number of hydrogen-bond acceptors (Lipinski definition) is 7. The van der Waals surface area contributed by atoms with Crippen LogP contribution in [0.5, 0.6) is 0 Å². The molecule has 2 aliphatic heterocycles. The molecule has 2 atom stereocenters. The molecule has 2 unspecified atom stereocenters. The highest BCUT2D eigenvalue weighted by Crippen LogP contribution is 2.35. The molecule has 176 valence electrons. The Morgan fingerprint density at radius 2 is 1.97 bits per heavy atom. The van der Waals surface area contributed by atoms with Crippen molar-refractivity contribution in [2.75, 3.05) is 18.0 Å². The third kappa shape index (κ3) is 4.30. The van der Waals surface area contributed by atoms with E-state index in [0.29, 0.717) is 43.9 Å². The minimum atomic E-state index is -0.230. The van der Waals surface area contributed by atoms with Crippen molar-refractivity contribution in [3.05, 3.63) is 68.9 Å². The number of furan rings is 1. The lowest BCUT2D eigenvalue weighted by atomic mass is 9.91. The Bertz CT molecular complexity index is 1350. The van der Waals surface area contributed by atoms with Gasteiger partial charge in [0, 0.05) is 19.3 Å². The molecule has 5 rings (SSSR count). The van der Waals surface area contributed by atoms with Gasteiger partial charge in [0.05, 0.1) is 23.3 Å². The van der Waals surface area contributed by atoms with Crippen molar-refractivity contribution >= 4 is 51.7 Å². The van der Waals surface area contributed by atoms with Crippen molar-refractivity contribution in [1.29, 1.82) is 0 Å². The van der Waals surface area contributed by atoms with Crippen molar-refractivity contribution < 1.29 is 9.21 Å². The van der Waals surface area contributed by atoms with Gasteiger partial charge in [0.1, 0.15) is 21.5 Å². The number of rotatable bonds is 4. The van der Waals surface area contributed by atoms with Crippen LogP contribution in [0.15, 0.2) is 50.8 Å². The maximum Gasteiger partial charge on any atom is 0.267 e. The Labute approximate surface area is 207 Å². The Balaban J connectivity index is 1.61. The zero-order valence-corrected chi connectivity index (χ0v) is 21.0. The molecule has 7 nitrogen and oxygen atoms in total. The van der Waals surface area contributed by atoms with Crippen LogP contribution < -0.4 is 10.5 Å². The van der Waals surface area contributed by atoms with Gasteiger partial charge >= 0.3 is 0 Å². The molecule has 1 amide bonds. The monoisotopic (exact) mass is 494 g/mol. The molecule has 3 aromatic rings. The van der Waals surface area contributed by atoms with E-state index in [-0.39, 0.29) is 18.0 Å². The van der Waals surface area contributed by atoms with E-state index in [1.165, 1.54) is 16.7 Å². The molecular weight excluding hydrogens is 468 g/mol. The summed E-state index contributed by atoms with van der Waals surface area (Å²) < 4.78 is 7.39.